The summed E-state index contributed by atoms with van der Waals surface area (Å²) in [4.78, 5) is 7.84. The van der Waals surface area contributed by atoms with Crippen molar-refractivity contribution < 1.29 is 51.9 Å². The van der Waals surface area contributed by atoms with Crippen molar-refractivity contribution in [2.24, 2.45) is 0 Å². The number of nitrogens with one attached hydrogen (secondary N) is 2. The van der Waals surface area contributed by atoms with Crippen LogP contribution in [-0.4, -0.2) is 71.8 Å². The van der Waals surface area contributed by atoms with Gasteiger partial charge < -0.3 is 28.2 Å². The van der Waals surface area contributed by atoms with Gasteiger partial charge in [-0.2, -0.15) is 0 Å². The van der Waals surface area contributed by atoms with Gasteiger partial charge in [-0.3, -0.25) is 0 Å². The van der Waals surface area contributed by atoms with Crippen molar-refractivity contribution in [3.63, 3.8) is 0 Å². The Morgan fingerprint density at radius 2 is 0.675 bits per heavy atom. The zero-order chi connectivity index (χ0) is 29.4. The Morgan fingerprint density at radius 3 is 0.950 bits per heavy atom. The first-order valence-electron chi connectivity index (χ1n) is 10.4. The number of aromatic nitrogens is 4. The van der Waals surface area contributed by atoms with E-state index in [4.69, 9.17) is 0 Å². The van der Waals surface area contributed by atoms with Crippen LogP contribution in [0.5, 0.6) is 0 Å². The second kappa shape index (κ2) is 8.87. The average Bonchev–Trinajstić information content (AvgIpc) is 3.55. The summed E-state index contributed by atoms with van der Waals surface area (Å²) in [6.07, 6.45) is 3.48. The highest BCUT2D eigenvalue weighted by atomic mass is 32.2. The summed E-state index contributed by atoms with van der Waals surface area (Å²) in [5, 5.41) is 0. The maximum atomic E-state index is 12.2. The zero-order valence-corrected chi connectivity index (χ0v) is 22.3. The van der Waals surface area contributed by atoms with Crippen molar-refractivity contribution in [3.8, 4) is 0 Å². The molecule has 0 atom stereocenters. The van der Waals surface area contributed by atoms with Gasteiger partial charge in [-0.15, -0.1) is 0 Å². The fourth-order valence-electron chi connectivity index (χ4n) is 4.15. The predicted octanol–water partition coefficient (Wildman–Crippen LogP) is 0.272. The van der Waals surface area contributed by atoms with Gasteiger partial charge in [0.05, 0.1) is 44.8 Å². The molecule has 0 aliphatic carbocycles. The molecule has 16 nitrogen and oxygen atoms in total. The summed E-state index contributed by atoms with van der Waals surface area (Å²) in [6, 6.07) is 3.68. The van der Waals surface area contributed by atoms with Crippen molar-refractivity contribution in [1.29, 1.82) is 0 Å². The largest absolute Gasteiger partial charge is 0.744 e. The standard InChI is InChI=1S/C20H14N4O12S4/c25-37(26,27)17-9-1-2-10(21-9)18(38(28,29)30)12-5-6-14(23-12)20(40(34,35)36)16-8-7-15(24-16)19(39(31,32)33)13-4-3-11(17)22-13/h1-8,21-22H,(H,25,26,27)(H,28,29,30)(H,31,32,33)(H,34,35,36)/p-4. The van der Waals surface area contributed by atoms with Gasteiger partial charge in [0.1, 0.15) is 60.1 Å². The fourth-order valence-corrected chi connectivity index (χ4v) is 7.19. The Kier molecular flexibility index (Phi) is 6.16. The van der Waals surface area contributed by atoms with E-state index in [1.807, 2.05) is 0 Å². The topological polar surface area (TPSA) is 286 Å². The van der Waals surface area contributed by atoms with E-state index in [-0.39, 0.29) is 0 Å². The molecule has 0 saturated carbocycles. The van der Waals surface area contributed by atoms with Crippen LogP contribution in [0.2, 0.25) is 0 Å². The number of hydrogen-bond donors (Lipinski definition) is 2. The molecule has 0 aromatic carbocycles. The third-order valence-corrected chi connectivity index (χ3v) is 9.28. The van der Waals surface area contributed by atoms with Crippen LogP contribution in [0.4, 0.5) is 0 Å². The second-order valence-corrected chi connectivity index (χ2v) is 13.4. The molecule has 2 aliphatic heterocycles. The minimum absolute atomic E-state index is 0.548. The Bertz CT molecular complexity index is 2180. The minimum Gasteiger partial charge on any atom is -0.744 e. The number of nitrogens with zero attached hydrogens (tertiary/aromatic N) is 2. The highest BCUT2D eigenvalue weighted by molar-refractivity contribution is 7.86. The van der Waals surface area contributed by atoms with E-state index in [9.17, 15) is 51.9 Å². The summed E-state index contributed by atoms with van der Waals surface area (Å²) < 4.78 is 146. The maximum absolute atomic E-state index is 12.2. The van der Waals surface area contributed by atoms with Gasteiger partial charge in [-0.1, -0.05) is 0 Å². The minimum atomic E-state index is -5.45. The molecule has 0 spiro atoms. The molecule has 0 saturated heterocycles. The van der Waals surface area contributed by atoms with Gasteiger partial charge in [0, 0.05) is 0 Å². The van der Waals surface area contributed by atoms with Crippen LogP contribution >= 0.6 is 0 Å². The van der Waals surface area contributed by atoms with Gasteiger partial charge >= 0.3 is 0 Å². The summed E-state index contributed by atoms with van der Waals surface area (Å²) in [7, 11) is -21.7. The molecular weight excluding hydrogens is 617 g/mol. The van der Waals surface area contributed by atoms with Gasteiger partial charge in [0.2, 0.25) is 0 Å². The van der Waals surface area contributed by atoms with E-state index in [1.54, 1.807) is 0 Å². The molecule has 3 aromatic rings. The first-order chi connectivity index (χ1) is 18.4. The number of aromatic amines is 2. The lowest BCUT2D eigenvalue weighted by atomic mass is 10.3. The lowest BCUT2D eigenvalue weighted by Crippen LogP contribution is -2.06. The van der Waals surface area contributed by atoms with Crippen molar-refractivity contribution >= 4 is 86.8 Å². The summed E-state index contributed by atoms with van der Waals surface area (Å²) in [6.45, 7) is 0. The van der Waals surface area contributed by atoms with Crippen molar-refractivity contribution in [1.82, 2.24) is 19.9 Å². The number of hydrogen-bond acceptors (Lipinski definition) is 14. The Hall–Kier alpha value is -3.76. The molecule has 5 rings (SSSR count). The highest BCUT2D eigenvalue weighted by Gasteiger charge is 2.23. The van der Waals surface area contributed by atoms with E-state index in [2.05, 4.69) is 19.9 Å². The Labute approximate surface area is 224 Å². The van der Waals surface area contributed by atoms with Gasteiger partial charge in [-0.25, -0.2) is 43.6 Å². The van der Waals surface area contributed by atoms with E-state index < -0.39 is 105 Å². The molecule has 40 heavy (non-hydrogen) atoms. The fraction of sp³-hybridized carbons (Fsp3) is 0. The smallest absolute Gasteiger partial charge is 0.128 e. The van der Waals surface area contributed by atoms with Crippen LogP contribution in [-0.2, 0) is 40.5 Å². The van der Waals surface area contributed by atoms with E-state index in [1.165, 1.54) is 0 Å². The molecule has 0 fully saturated rings. The van der Waals surface area contributed by atoms with Crippen LogP contribution in [0.15, 0.2) is 43.8 Å². The van der Waals surface area contributed by atoms with Crippen molar-refractivity contribution in [2.75, 3.05) is 0 Å². The normalized spacial score (nSPS) is 14.1. The summed E-state index contributed by atoms with van der Waals surface area (Å²) >= 11 is 0. The summed E-state index contributed by atoms with van der Waals surface area (Å²) in [5.74, 6) is 0. The molecule has 0 unspecified atom stereocenters. The molecule has 0 radical (unpaired) electrons. The first kappa shape index (κ1) is 27.8. The molecule has 2 N–H and O–H groups in total. The van der Waals surface area contributed by atoms with E-state index in [0.717, 1.165) is 48.6 Å². The van der Waals surface area contributed by atoms with E-state index >= 15 is 0 Å². The number of fused-ring (bicyclic) bond motifs is 8. The third kappa shape index (κ3) is 4.86. The molecule has 5 heterocycles. The molecule has 2 aliphatic rings. The van der Waals surface area contributed by atoms with Gasteiger partial charge in [0.15, 0.2) is 0 Å². The number of H-pyrrole nitrogens is 2. The quantitative estimate of drug-likeness (QED) is 0.253. The second-order valence-electron chi connectivity index (χ2n) is 8.14. The van der Waals surface area contributed by atoms with Crippen molar-refractivity contribution in [2.45, 2.75) is 19.6 Å². The van der Waals surface area contributed by atoms with Crippen LogP contribution < -0.4 is 0 Å². The Balaban J connectivity index is 2.17. The van der Waals surface area contributed by atoms with Gasteiger partial charge in [0.25, 0.3) is 0 Å². The SMILES string of the molecule is O=S(=O)([O-])c1c2nc(c(S(=O)(=O)[O-])c3ccc([nH]3)c(S(=O)(=O)[O-])c3ccc([nH]3)c(S(=O)(=O)[O-])c3nc1C=C3)C=C2. The van der Waals surface area contributed by atoms with Crippen LogP contribution in [0.1, 0.15) is 22.8 Å². The molecule has 0 amide bonds. The average molecular weight is 627 g/mol. The van der Waals surface area contributed by atoms with Crippen LogP contribution in [0, 0.1) is 0 Å². The van der Waals surface area contributed by atoms with Crippen molar-refractivity contribution in [3.05, 3.63) is 47.0 Å². The molecule has 8 bridgehead atoms. The Morgan fingerprint density at radius 1 is 0.425 bits per heavy atom. The third-order valence-electron chi connectivity index (χ3n) is 5.56. The molecule has 210 valence electrons. The maximum Gasteiger partial charge on any atom is 0.128 e. The van der Waals surface area contributed by atoms with E-state index in [0.29, 0.717) is 0 Å². The molecular formula is C20H10N4O12S4-4. The lowest BCUT2D eigenvalue weighted by molar-refractivity contribution is 0.460. The number of rotatable bonds is 4. The predicted molar refractivity (Wildman–Crippen MR) is 131 cm³/mol. The van der Waals surface area contributed by atoms with Crippen LogP contribution in [0.3, 0.4) is 0 Å². The summed E-state index contributed by atoms with van der Waals surface area (Å²) in [5.41, 5.74) is -4.92. The monoisotopic (exact) mass is 626 g/mol. The molecule has 3 aromatic heterocycles. The van der Waals surface area contributed by atoms with Crippen LogP contribution in [0.25, 0.3) is 46.4 Å². The lowest BCUT2D eigenvalue weighted by Gasteiger charge is -2.10. The first-order valence-corrected chi connectivity index (χ1v) is 16.0. The zero-order valence-electron chi connectivity index (χ0n) is 19.0. The van der Waals surface area contributed by atoms with Gasteiger partial charge in [-0.05, 0) is 48.6 Å². The molecule has 20 heteroatoms. The highest BCUT2D eigenvalue weighted by Crippen LogP contribution is 2.32.